The number of rotatable bonds is 2. The summed E-state index contributed by atoms with van der Waals surface area (Å²) in [4.78, 5) is 11.5. The second-order valence-corrected chi connectivity index (χ2v) is 4.84. The summed E-state index contributed by atoms with van der Waals surface area (Å²) in [5, 5.41) is 3.43. The molecule has 1 aliphatic carbocycles. The van der Waals surface area contributed by atoms with E-state index in [1.807, 2.05) is 18.2 Å². The fourth-order valence-electron chi connectivity index (χ4n) is 2.56. The molecule has 1 saturated carbocycles. The van der Waals surface area contributed by atoms with Crippen LogP contribution in [0.3, 0.4) is 0 Å². The van der Waals surface area contributed by atoms with E-state index in [1.54, 1.807) is 0 Å². The number of fused-ring (bicyclic) bond motifs is 2. The molecule has 2 aliphatic rings. The van der Waals surface area contributed by atoms with Crippen molar-refractivity contribution in [2.24, 2.45) is 0 Å². The van der Waals surface area contributed by atoms with Crippen molar-refractivity contribution >= 4 is 11.5 Å². The number of Topliss-reactive ketones (excluding diaryl/α,β-unsaturated/α-hetero) is 1. The molecule has 0 bridgehead atoms. The molecule has 19 heavy (non-hydrogen) atoms. The summed E-state index contributed by atoms with van der Waals surface area (Å²) in [7, 11) is 0. The summed E-state index contributed by atoms with van der Waals surface area (Å²) in [6.07, 6.45) is 7.03. The zero-order valence-corrected chi connectivity index (χ0v) is 10.5. The Hall–Kier alpha value is -2.15. The zero-order chi connectivity index (χ0) is 13.2. The molecule has 1 aliphatic heterocycles. The van der Waals surface area contributed by atoms with Gasteiger partial charge in [0.1, 0.15) is 30.0 Å². The van der Waals surface area contributed by atoms with E-state index in [0.717, 1.165) is 17.9 Å². The van der Waals surface area contributed by atoms with Gasteiger partial charge >= 0.3 is 0 Å². The highest BCUT2D eigenvalue weighted by Crippen LogP contribution is 2.37. The number of ketones is 1. The molecule has 0 saturated heterocycles. The zero-order valence-electron chi connectivity index (χ0n) is 10.5. The van der Waals surface area contributed by atoms with E-state index in [4.69, 9.17) is 15.9 Å². The average molecular weight is 257 g/mol. The van der Waals surface area contributed by atoms with Gasteiger partial charge in [-0.2, -0.15) is 0 Å². The quantitative estimate of drug-likeness (QED) is 0.823. The second-order valence-electron chi connectivity index (χ2n) is 4.84. The first-order valence-electron chi connectivity index (χ1n) is 6.41. The molecule has 4 nitrogen and oxygen atoms in total. The molecule has 98 valence electrons. The molecule has 4 heteroatoms. The van der Waals surface area contributed by atoms with Crippen LogP contribution >= 0.6 is 0 Å². The van der Waals surface area contributed by atoms with Crippen LogP contribution in [0.15, 0.2) is 18.2 Å². The van der Waals surface area contributed by atoms with Gasteiger partial charge in [-0.15, -0.1) is 6.42 Å². The molecule has 1 heterocycles. The number of carbonyl (C=O) groups is 1. The Morgan fingerprint density at radius 3 is 3.26 bits per heavy atom. The highest BCUT2D eigenvalue weighted by atomic mass is 16.5. The van der Waals surface area contributed by atoms with Gasteiger partial charge in [-0.25, -0.2) is 0 Å². The molecule has 2 atom stereocenters. The Morgan fingerprint density at radius 2 is 2.42 bits per heavy atom. The van der Waals surface area contributed by atoms with Crippen molar-refractivity contribution in [1.29, 1.82) is 0 Å². The van der Waals surface area contributed by atoms with Crippen LogP contribution in [-0.4, -0.2) is 24.5 Å². The highest BCUT2D eigenvalue weighted by Gasteiger charge is 2.35. The van der Waals surface area contributed by atoms with E-state index in [2.05, 4.69) is 11.2 Å². The summed E-state index contributed by atoms with van der Waals surface area (Å²) in [5.74, 6) is 4.10. The van der Waals surface area contributed by atoms with Gasteiger partial charge in [-0.1, -0.05) is 5.92 Å². The largest absolute Gasteiger partial charge is 0.486 e. The van der Waals surface area contributed by atoms with Crippen LogP contribution in [0.25, 0.3) is 0 Å². The van der Waals surface area contributed by atoms with Gasteiger partial charge in [0.15, 0.2) is 0 Å². The standard InChI is InChI=1S/C15H15NO3/c1-2-7-18-11-4-6-13-15(9-11)19-14-8-10(17)3-5-12(14)16-13/h1,4,6,9,12,14,16H,3,5,7-8H2. The maximum absolute atomic E-state index is 11.5. The number of hydrogen-bond donors (Lipinski definition) is 1. The molecule has 0 aromatic heterocycles. The van der Waals surface area contributed by atoms with Crippen LogP contribution in [-0.2, 0) is 4.79 Å². The fourth-order valence-corrected chi connectivity index (χ4v) is 2.56. The number of anilines is 1. The Morgan fingerprint density at radius 1 is 1.53 bits per heavy atom. The van der Waals surface area contributed by atoms with Gasteiger partial charge < -0.3 is 14.8 Å². The predicted octanol–water partition coefficient (Wildman–Crippen LogP) is 1.99. The Kier molecular flexibility index (Phi) is 3.04. The molecule has 0 radical (unpaired) electrons. The van der Waals surface area contributed by atoms with E-state index < -0.39 is 0 Å². The second kappa shape index (κ2) is 4.85. The number of ether oxygens (including phenoxy) is 2. The summed E-state index contributed by atoms with van der Waals surface area (Å²) in [6, 6.07) is 5.83. The molecular formula is C15H15NO3. The number of carbonyl (C=O) groups excluding carboxylic acids is 1. The highest BCUT2D eigenvalue weighted by molar-refractivity contribution is 5.80. The molecule has 1 fully saturated rings. The lowest BCUT2D eigenvalue weighted by molar-refractivity contribution is -0.122. The van der Waals surface area contributed by atoms with Crippen LogP contribution in [0.1, 0.15) is 19.3 Å². The molecule has 1 N–H and O–H groups in total. The summed E-state index contributed by atoms with van der Waals surface area (Å²) >= 11 is 0. The van der Waals surface area contributed by atoms with Crippen molar-refractivity contribution in [1.82, 2.24) is 0 Å². The fraction of sp³-hybridized carbons (Fsp3) is 0.400. The minimum Gasteiger partial charge on any atom is -0.486 e. The average Bonchev–Trinajstić information content (AvgIpc) is 2.42. The maximum Gasteiger partial charge on any atom is 0.148 e. The first kappa shape index (κ1) is 11.9. The predicted molar refractivity (Wildman–Crippen MR) is 71.5 cm³/mol. The van der Waals surface area contributed by atoms with Gasteiger partial charge in [0.2, 0.25) is 0 Å². The van der Waals surface area contributed by atoms with Crippen LogP contribution in [0.4, 0.5) is 5.69 Å². The van der Waals surface area contributed by atoms with Crippen molar-refractivity contribution in [3.8, 4) is 23.8 Å². The topological polar surface area (TPSA) is 47.6 Å². The Balaban J connectivity index is 1.80. The third-order valence-electron chi connectivity index (χ3n) is 3.51. The van der Waals surface area contributed by atoms with Crippen molar-refractivity contribution in [2.75, 3.05) is 11.9 Å². The van der Waals surface area contributed by atoms with Crippen LogP contribution < -0.4 is 14.8 Å². The molecule has 0 spiro atoms. The van der Waals surface area contributed by atoms with E-state index in [9.17, 15) is 4.79 Å². The molecule has 3 rings (SSSR count). The van der Waals surface area contributed by atoms with E-state index >= 15 is 0 Å². The van der Waals surface area contributed by atoms with Crippen LogP contribution in [0.2, 0.25) is 0 Å². The van der Waals surface area contributed by atoms with Crippen LogP contribution in [0, 0.1) is 12.3 Å². The lowest BCUT2D eigenvalue weighted by atomic mass is 9.90. The molecule has 1 aromatic carbocycles. The number of terminal acetylenes is 1. The third kappa shape index (κ3) is 2.37. The first-order chi connectivity index (χ1) is 9.26. The Labute approximate surface area is 112 Å². The number of hydrogen-bond acceptors (Lipinski definition) is 4. The van der Waals surface area contributed by atoms with Crippen molar-refractivity contribution in [2.45, 2.75) is 31.4 Å². The van der Waals surface area contributed by atoms with Gasteiger partial charge in [0.05, 0.1) is 11.7 Å². The third-order valence-corrected chi connectivity index (χ3v) is 3.51. The number of nitrogens with one attached hydrogen (secondary N) is 1. The first-order valence-corrected chi connectivity index (χ1v) is 6.41. The summed E-state index contributed by atoms with van der Waals surface area (Å²) < 4.78 is 11.3. The minimum atomic E-state index is -0.0726. The monoisotopic (exact) mass is 257 g/mol. The van der Waals surface area contributed by atoms with Gasteiger partial charge in [-0.3, -0.25) is 4.79 Å². The minimum absolute atomic E-state index is 0.0726. The van der Waals surface area contributed by atoms with Crippen molar-refractivity contribution < 1.29 is 14.3 Å². The van der Waals surface area contributed by atoms with Crippen molar-refractivity contribution in [3.63, 3.8) is 0 Å². The van der Waals surface area contributed by atoms with Crippen LogP contribution in [0.5, 0.6) is 11.5 Å². The molecule has 2 unspecified atom stereocenters. The number of benzene rings is 1. The van der Waals surface area contributed by atoms with E-state index in [-0.39, 0.29) is 24.5 Å². The van der Waals surface area contributed by atoms with E-state index in [1.165, 1.54) is 0 Å². The SMILES string of the molecule is C#CCOc1ccc2c(c1)OC1CC(=O)CCC1N2. The molecular weight excluding hydrogens is 242 g/mol. The maximum atomic E-state index is 11.5. The molecule has 0 amide bonds. The Bertz CT molecular complexity index is 547. The van der Waals surface area contributed by atoms with Gasteiger partial charge in [0.25, 0.3) is 0 Å². The lowest BCUT2D eigenvalue weighted by Gasteiger charge is -2.37. The van der Waals surface area contributed by atoms with E-state index in [0.29, 0.717) is 18.6 Å². The summed E-state index contributed by atoms with van der Waals surface area (Å²) in [6.45, 7) is 0.233. The summed E-state index contributed by atoms with van der Waals surface area (Å²) in [5.41, 5.74) is 0.948. The van der Waals surface area contributed by atoms with Gasteiger partial charge in [-0.05, 0) is 18.6 Å². The molecule has 1 aromatic rings. The van der Waals surface area contributed by atoms with Crippen molar-refractivity contribution in [3.05, 3.63) is 18.2 Å². The normalized spacial score (nSPS) is 24.3. The smallest absolute Gasteiger partial charge is 0.148 e. The van der Waals surface area contributed by atoms with Gasteiger partial charge in [0, 0.05) is 18.9 Å². The lowest BCUT2D eigenvalue weighted by Crippen LogP contribution is -2.45.